The summed E-state index contributed by atoms with van der Waals surface area (Å²) in [5.74, 6) is 0. The fraction of sp³-hybridized carbons (Fsp3) is 0.571. The Morgan fingerprint density at radius 3 is 2.65 bits per heavy atom. The summed E-state index contributed by atoms with van der Waals surface area (Å²) in [7, 11) is 0. The summed E-state index contributed by atoms with van der Waals surface area (Å²) in [6.45, 7) is 5.08. The average molecular weight is 318 g/mol. The quantitative estimate of drug-likeness (QED) is 0.700. The first-order valence-electron chi connectivity index (χ1n) is 6.12. The van der Waals surface area contributed by atoms with E-state index < -0.39 is 0 Å². The van der Waals surface area contributed by atoms with Crippen molar-refractivity contribution in [3.05, 3.63) is 33.8 Å². The van der Waals surface area contributed by atoms with E-state index in [0.29, 0.717) is 0 Å². The van der Waals surface area contributed by atoms with Crippen molar-refractivity contribution in [3.8, 4) is 0 Å². The van der Waals surface area contributed by atoms with Crippen LogP contribution >= 0.6 is 27.5 Å². The van der Waals surface area contributed by atoms with Crippen LogP contribution in [-0.2, 0) is 4.74 Å². The maximum absolute atomic E-state index is 6.33. The van der Waals surface area contributed by atoms with Gasteiger partial charge in [0, 0.05) is 11.6 Å². The van der Waals surface area contributed by atoms with Gasteiger partial charge in [-0.25, -0.2) is 0 Å². The monoisotopic (exact) mass is 316 g/mol. The van der Waals surface area contributed by atoms with Gasteiger partial charge in [0.05, 0.1) is 10.9 Å². The highest BCUT2D eigenvalue weighted by Gasteiger charge is 2.25. The molecule has 0 aromatic heterocycles. The lowest BCUT2D eigenvalue weighted by atomic mass is 9.98. The number of halogens is 2. The Hall–Kier alpha value is -0.0500. The Kier molecular flexibility index (Phi) is 4.51. The van der Waals surface area contributed by atoms with Crippen molar-refractivity contribution >= 4 is 27.5 Å². The van der Waals surface area contributed by atoms with E-state index in [1.54, 1.807) is 0 Å². The fourth-order valence-electron chi connectivity index (χ4n) is 2.21. The normalized spacial score (nSPS) is 22.5. The number of hydrogen-bond acceptors (Lipinski definition) is 1. The van der Waals surface area contributed by atoms with Crippen molar-refractivity contribution in [2.45, 2.75) is 44.0 Å². The largest absolute Gasteiger partial charge is 0.377 e. The lowest BCUT2D eigenvalue weighted by Crippen LogP contribution is -2.23. The van der Waals surface area contributed by atoms with Crippen LogP contribution in [0.5, 0.6) is 0 Å². The highest BCUT2D eigenvalue weighted by atomic mass is 79.9. The van der Waals surface area contributed by atoms with Crippen LogP contribution in [0.2, 0.25) is 5.02 Å². The van der Waals surface area contributed by atoms with E-state index in [0.717, 1.165) is 23.6 Å². The molecule has 0 amide bonds. The van der Waals surface area contributed by atoms with Crippen molar-refractivity contribution in [2.75, 3.05) is 6.61 Å². The summed E-state index contributed by atoms with van der Waals surface area (Å²) < 4.78 is 5.81. The molecule has 0 spiro atoms. The van der Waals surface area contributed by atoms with Crippen LogP contribution in [0.15, 0.2) is 12.1 Å². The van der Waals surface area contributed by atoms with E-state index in [4.69, 9.17) is 16.3 Å². The van der Waals surface area contributed by atoms with Crippen LogP contribution in [0, 0.1) is 13.8 Å². The molecule has 1 heterocycles. The SMILES string of the molecule is Cc1cc(Cl)c(C(Br)C2CCCCO2)cc1C. The van der Waals surface area contributed by atoms with Gasteiger partial charge in [-0.1, -0.05) is 33.6 Å². The fourth-order valence-corrected chi connectivity index (χ4v) is 3.47. The zero-order valence-corrected chi connectivity index (χ0v) is 12.6. The predicted octanol–water partition coefficient (Wildman–Crippen LogP) is 4.96. The van der Waals surface area contributed by atoms with Gasteiger partial charge in [0.1, 0.15) is 0 Å². The molecule has 0 N–H and O–H groups in total. The number of aryl methyl sites for hydroxylation is 2. The van der Waals surface area contributed by atoms with E-state index in [9.17, 15) is 0 Å². The van der Waals surface area contributed by atoms with Gasteiger partial charge in [0.25, 0.3) is 0 Å². The maximum atomic E-state index is 6.33. The van der Waals surface area contributed by atoms with E-state index in [-0.39, 0.29) is 10.9 Å². The van der Waals surface area contributed by atoms with Crippen LogP contribution in [0.3, 0.4) is 0 Å². The molecule has 2 rings (SSSR count). The summed E-state index contributed by atoms with van der Waals surface area (Å²) in [4.78, 5) is 0.203. The second kappa shape index (κ2) is 5.73. The zero-order chi connectivity index (χ0) is 12.4. The van der Waals surface area contributed by atoms with Gasteiger partial charge < -0.3 is 4.74 Å². The molecule has 1 aromatic carbocycles. The average Bonchev–Trinajstić information content (AvgIpc) is 2.34. The van der Waals surface area contributed by atoms with Gasteiger partial charge in [0.15, 0.2) is 0 Å². The van der Waals surface area contributed by atoms with Gasteiger partial charge in [0.2, 0.25) is 0 Å². The molecular formula is C14H18BrClO. The molecule has 2 atom stereocenters. The highest BCUT2D eigenvalue weighted by molar-refractivity contribution is 9.09. The highest BCUT2D eigenvalue weighted by Crippen LogP contribution is 2.38. The summed E-state index contributed by atoms with van der Waals surface area (Å²) in [5.41, 5.74) is 3.68. The van der Waals surface area contributed by atoms with Gasteiger partial charge in [-0.15, -0.1) is 0 Å². The third-order valence-corrected chi connectivity index (χ3v) is 4.86. The van der Waals surface area contributed by atoms with E-state index in [1.165, 1.54) is 24.0 Å². The molecular weight excluding hydrogens is 300 g/mol. The number of hydrogen-bond donors (Lipinski definition) is 0. The topological polar surface area (TPSA) is 9.23 Å². The molecule has 1 aliphatic rings. The third-order valence-electron chi connectivity index (χ3n) is 3.45. The molecule has 1 fully saturated rings. The van der Waals surface area contributed by atoms with Crippen LogP contribution < -0.4 is 0 Å². The Bertz CT molecular complexity index is 399. The van der Waals surface area contributed by atoms with Crippen molar-refractivity contribution in [1.29, 1.82) is 0 Å². The Labute approximate surface area is 117 Å². The summed E-state index contributed by atoms with van der Waals surface area (Å²) >= 11 is 10.1. The van der Waals surface area contributed by atoms with E-state index in [1.807, 2.05) is 6.07 Å². The Morgan fingerprint density at radius 2 is 2.00 bits per heavy atom. The smallest absolute Gasteiger partial charge is 0.0741 e. The van der Waals surface area contributed by atoms with Crippen molar-refractivity contribution in [2.24, 2.45) is 0 Å². The molecule has 0 aliphatic carbocycles. The standard InChI is InChI=1S/C14H18BrClO/c1-9-7-11(12(16)8-10(9)2)14(15)13-5-3-4-6-17-13/h7-8,13-14H,3-6H2,1-2H3. The molecule has 2 unspecified atom stereocenters. The number of alkyl halides is 1. The molecule has 0 bridgehead atoms. The van der Waals surface area contributed by atoms with Crippen LogP contribution in [-0.4, -0.2) is 12.7 Å². The minimum atomic E-state index is 0.203. The molecule has 1 nitrogen and oxygen atoms in total. The molecule has 1 aliphatic heterocycles. The second-order valence-corrected chi connectivity index (χ2v) is 6.16. The number of ether oxygens (including phenoxy) is 1. The molecule has 0 radical (unpaired) electrons. The van der Waals surface area contributed by atoms with E-state index >= 15 is 0 Å². The first kappa shape index (κ1) is 13.4. The van der Waals surface area contributed by atoms with Crippen molar-refractivity contribution < 1.29 is 4.74 Å². The zero-order valence-electron chi connectivity index (χ0n) is 10.3. The Balaban J connectivity index is 2.23. The van der Waals surface area contributed by atoms with Crippen molar-refractivity contribution in [1.82, 2.24) is 0 Å². The Morgan fingerprint density at radius 1 is 1.29 bits per heavy atom. The van der Waals surface area contributed by atoms with Gasteiger partial charge in [-0.05, 0) is 55.9 Å². The summed E-state index contributed by atoms with van der Waals surface area (Å²) in [6.07, 6.45) is 3.79. The van der Waals surface area contributed by atoms with Crippen LogP contribution in [0.25, 0.3) is 0 Å². The first-order valence-corrected chi connectivity index (χ1v) is 7.41. The molecule has 17 heavy (non-hydrogen) atoms. The maximum Gasteiger partial charge on any atom is 0.0741 e. The summed E-state index contributed by atoms with van der Waals surface area (Å²) in [6, 6.07) is 4.22. The number of rotatable bonds is 2. The van der Waals surface area contributed by atoms with Crippen LogP contribution in [0.1, 0.15) is 40.8 Å². The van der Waals surface area contributed by atoms with Gasteiger partial charge >= 0.3 is 0 Å². The van der Waals surface area contributed by atoms with Gasteiger partial charge in [-0.3, -0.25) is 0 Å². The first-order chi connectivity index (χ1) is 8.09. The molecule has 3 heteroatoms. The predicted molar refractivity (Wildman–Crippen MR) is 76.2 cm³/mol. The number of benzene rings is 1. The minimum absolute atomic E-state index is 0.203. The molecule has 94 valence electrons. The van der Waals surface area contributed by atoms with Gasteiger partial charge in [-0.2, -0.15) is 0 Å². The van der Waals surface area contributed by atoms with Crippen LogP contribution in [0.4, 0.5) is 0 Å². The molecule has 1 saturated heterocycles. The molecule has 1 aromatic rings. The van der Waals surface area contributed by atoms with Crippen molar-refractivity contribution in [3.63, 3.8) is 0 Å². The lowest BCUT2D eigenvalue weighted by Gasteiger charge is -2.28. The minimum Gasteiger partial charge on any atom is -0.377 e. The van der Waals surface area contributed by atoms with E-state index in [2.05, 4.69) is 35.8 Å². The molecule has 0 saturated carbocycles. The second-order valence-electron chi connectivity index (χ2n) is 4.76. The lowest BCUT2D eigenvalue weighted by molar-refractivity contribution is 0.0160. The third kappa shape index (κ3) is 3.04. The summed E-state index contributed by atoms with van der Waals surface area (Å²) in [5, 5.41) is 0.837.